The van der Waals surface area contributed by atoms with Crippen molar-refractivity contribution in [2.45, 2.75) is 38.6 Å². The van der Waals surface area contributed by atoms with Crippen molar-refractivity contribution in [3.05, 3.63) is 29.8 Å². The summed E-state index contributed by atoms with van der Waals surface area (Å²) in [5, 5.41) is 3.35. The van der Waals surface area contributed by atoms with Crippen LogP contribution >= 0.6 is 0 Å². The highest BCUT2D eigenvalue weighted by molar-refractivity contribution is 5.09. The Labute approximate surface area is 96.3 Å². The molecule has 1 N–H and O–H groups in total. The van der Waals surface area contributed by atoms with Gasteiger partial charge in [0.1, 0.15) is 5.82 Å². The molecule has 16 heavy (non-hydrogen) atoms. The molecule has 0 atom stereocenters. The fourth-order valence-corrected chi connectivity index (χ4v) is 2.39. The number of hydrogen-bond acceptors (Lipinski definition) is 2. The number of nitrogens with zero attached hydrogens (tertiary/aromatic N) is 1. The van der Waals surface area contributed by atoms with E-state index in [1.807, 2.05) is 0 Å². The monoisotopic (exact) mass is 222 g/mol. The molecule has 2 nitrogen and oxygen atoms in total. The van der Waals surface area contributed by atoms with E-state index < -0.39 is 0 Å². The van der Waals surface area contributed by atoms with Crippen molar-refractivity contribution in [2.24, 2.45) is 5.92 Å². The summed E-state index contributed by atoms with van der Waals surface area (Å²) in [5.41, 5.74) is 0.923. The third kappa shape index (κ3) is 3.56. The molecule has 1 aliphatic carbocycles. The molecule has 0 spiro atoms. The second-order valence-electron chi connectivity index (χ2n) is 4.63. The number of halogens is 1. The van der Waals surface area contributed by atoms with Gasteiger partial charge in [0.25, 0.3) is 0 Å². The van der Waals surface area contributed by atoms with E-state index in [0.29, 0.717) is 0 Å². The van der Waals surface area contributed by atoms with E-state index in [2.05, 4.69) is 10.3 Å². The van der Waals surface area contributed by atoms with Gasteiger partial charge in [0.15, 0.2) is 0 Å². The molecule has 0 aliphatic heterocycles. The van der Waals surface area contributed by atoms with Gasteiger partial charge in [-0.1, -0.05) is 25.7 Å². The molecule has 1 aromatic rings. The predicted octanol–water partition coefficient (Wildman–Crippen LogP) is 2.89. The zero-order chi connectivity index (χ0) is 11.2. The summed E-state index contributed by atoms with van der Waals surface area (Å²) in [6, 6.07) is 1.54. The van der Waals surface area contributed by atoms with Crippen LogP contribution in [0.2, 0.25) is 0 Å². The average Bonchev–Trinajstić information content (AvgIpc) is 2.77. The first-order chi connectivity index (χ1) is 7.84. The second-order valence-corrected chi connectivity index (χ2v) is 4.63. The molecule has 0 aromatic carbocycles. The van der Waals surface area contributed by atoms with E-state index in [0.717, 1.165) is 24.6 Å². The summed E-state index contributed by atoms with van der Waals surface area (Å²) in [5.74, 6) is 0.660. The first kappa shape index (κ1) is 11.5. The number of rotatable bonds is 5. The minimum absolute atomic E-state index is 0.255. The summed E-state index contributed by atoms with van der Waals surface area (Å²) in [6.45, 7) is 1.75. The summed E-state index contributed by atoms with van der Waals surface area (Å²) in [4.78, 5) is 3.83. The molecule has 0 radical (unpaired) electrons. The third-order valence-electron chi connectivity index (χ3n) is 3.29. The number of hydrogen-bond donors (Lipinski definition) is 1. The first-order valence-electron chi connectivity index (χ1n) is 6.15. The Bertz CT molecular complexity index is 321. The minimum Gasteiger partial charge on any atom is -0.313 e. The van der Waals surface area contributed by atoms with Crippen molar-refractivity contribution in [3.63, 3.8) is 0 Å². The van der Waals surface area contributed by atoms with E-state index in [9.17, 15) is 4.39 Å². The van der Waals surface area contributed by atoms with E-state index in [1.54, 1.807) is 6.20 Å². The molecule has 0 bridgehead atoms. The molecule has 0 amide bonds. The van der Waals surface area contributed by atoms with E-state index in [4.69, 9.17) is 0 Å². The van der Waals surface area contributed by atoms with Gasteiger partial charge in [-0.3, -0.25) is 4.98 Å². The van der Waals surface area contributed by atoms with Crippen molar-refractivity contribution in [1.29, 1.82) is 0 Å². The molecule has 1 saturated carbocycles. The molecular formula is C13H19FN2. The summed E-state index contributed by atoms with van der Waals surface area (Å²) in [6.07, 6.45) is 9.79. The highest BCUT2D eigenvalue weighted by Gasteiger charge is 2.13. The SMILES string of the molecule is Fc1cncc(CNCCC2CCCC2)c1. The normalized spacial score (nSPS) is 16.8. The van der Waals surface area contributed by atoms with Crippen molar-refractivity contribution < 1.29 is 4.39 Å². The number of aromatic nitrogens is 1. The molecule has 88 valence electrons. The standard InChI is InChI=1S/C13H19FN2/c14-13-7-12(9-16-10-13)8-15-6-5-11-3-1-2-4-11/h7,9-11,15H,1-6,8H2. The van der Waals surface area contributed by atoms with E-state index in [1.165, 1.54) is 44.4 Å². The van der Waals surface area contributed by atoms with Crippen LogP contribution in [0.1, 0.15) is 37.7 Å². The van der Waals surface area contributed by atoms with Gasteiger partial charge in [-0.25, -0.2) is 4.39 Å². The minimum atomic E-state index is -0.255. The van der Waals surface area contributed by atoms with Gasteiger partial charge >= 0.3 is 0 Å². The maximum Gasteiger partial charge on any atom is 0.141 e. The third-order valence-corrected chi connectivity index (χ3v) is 3.29. The maximum absolute atomic E-state index is 12.8. The highest BCUT2D eigenvalue weighted by Crippen LogP contribution is 2.26. The van der Waals surface area contributed by atoms with Crippen LogP contribution in [0.4, 0.5) is 4.39 Å². The lowest BCUT2D eigenvalue weighted by Gasteiger charge is -2.09. The Balaban J connectivity index is 1.64. The Morgan fingerprint density at radius 1 is 1.31 bits per heavy atom. The zero-order valence-corrected chi connectivity index (χ0v) is 9.58. The molecule has 1 aliphatic rings. The molecule has 0 saturated heterocycles. The summed E-state index contributed by atoms with van der Waals surface area (Å²) >= 11 is 0. The molecular weight excluding hydrogens is 203 g/mol. The summed E-state index contributed by atoms with van der Waals surface area (Å²) in [7, 11) is 0. The molecule has 1 fully saturated rings. The average molecular weight is 222 g/mol. The van der Waals surface area contributed by atoms with Gasteiger partial charge < -0.3 is 5.32 Å². The predicted molar refractivity (Wildman–Crippen MR) is 62.5 cm³/mol. The van der Waals surface area contributed by atoms with Crippen molar-refractivity contribution in [3.8, 4) is 0 Å². The molecule has 1 aromatic heterocycles. The maximum atomic E-state index is 12.8. The zero-order valence-electron chi connectivity index (χ0n) is 9.58. The second kappa shape index (κ2) is 5.94. The fraction of sp³-hybridized carbons (Fsp3) is 0.615. The number of pyridine rings is 1. The van der Waals surface area contributed by atoms with E-state index >= 15 is 0 Å². The van der Waals surface area contributed by atoms with E-state index in [-0.39, 0.29) is 5.82 Å². The Morgan fingerprint density at radius 3 is 2.88 bits per heavy atom. The molecule has 2 rings (SSSR count). The molecule has 0 unspecified atom stereocenters. The van der Waals surface area contributed by atoms with Crippen molar-refractivity contribution in [2.75, 3.05) is 6.54 Å². The molecule has 3 heteroatoms. The van der Waals surface area contributed by atoms with Crippen LogP contribution in [-0.2, 0) is 6.54 Å². The van der Waals surface area contributed by atoms with Gasteiger partial charge in [-0.05, 0) is 30.5 Å². The summed E-state index contributed by atoms with van der Waals surface area (Å²) < 4.78 is 12.8. The lowest BCUT2D eigenvalue weighted by atomic mass is 10.0. The van der Waals surface area contributed by atoms with Crippen LogP contribution < -0.4 is 5.32 Å². The van der Waals surface area contributed by atoms with Gasteiger partial charge in [0.05, 0.1) is 6.20 Å². The fourth-order valence-electron chi connectivity index (χ4n) is 2.39. The van der Waals surface area contributed by atoms with Crippen LogP contribution in [0.15, 0.2) is 18.5 Å². The van der Waals surface area contributed by atoms with Crippen LogP contribution in [0.3, 0.4) is 0 Å². The van der Waals surface area contributed by atoms with Crippen LogP contribution in [0, 0.1) is 11.7 Å². The Hall–Kier alpha value is -0.960. The van der Waals surface area contributed by atoms with Gasteiger partial charge in [0.2, 0.25) is 0 Å². The van der Waals surface area contributed by atoms with Crippen LogP contribution in [-0.4, -0.2) is 11.5 Å². The highest BCUT2D eigenvalue weighted by atomic mass is 19.1. The topological polar surface area (TPSA) is 24.9 Å². The largest absolute Gasteiger partial charge is 0.313 e. The Morgan fingerprint density at radius 2 is 2.12 bits per heavy atom. The van der Waals surface area contributed by atoms with Gasteiger partial charge in [-0.15, -0.1) is 0 Å². The lowest BCUT2D eigenvalue weighted by Crippen LogP contribution is -2.17. The lowest BCUT2D eigenvalue weighted by molar-refractivity contribution is 0.477. The first-order valence-corrected chi connectivity index (χ1v) is 6.15. The van der Waals surface area contributed by atoms with Gasteiger partial charge in [0, 0.05) is 12.7 Å². The van der Waals surface area contributed by atoms with Crippen LogP contribution in [0.5, 0.6) is 0 Å². The smallest absolute Gasteiger partial charge is 0.141 e. The molecule has 1 heterocycles. The van der Waals surface area contributed by atoms with Gasteiger partial charge in [-0.2, -0.15) is 0 Å². The van der Waals surface area contributed by atoms with Crippen molar-refractivity contribution >= 4 is 0 Å². The quantitative estimate of drug-likeness (QED) is 0.775. The number of nitrogens with one attached hydrogen (secondary N) is 1. The van der Waals surface area contributed by atoms with Crippen LogP contribution in [0.25, 0.3) is 0 Å². The van der Waals surface area contributed by atoms with Crippen molar-refractivity contribution in [1.82, 2.24) is 10.3 Å². The Kier molecular flexibility index (Phi) is 4.28.